The molecular weight excluding hydrogens is 412 g/mol. The van der Waals surface area contributed by atoms with Crippen LogP contribution in [0.3, 0.4) is 0 Å². The zero-order valence-electron chi connectivity index (χ0n) is 18.0. The second kappa shape index (κ2) is 7.47. The summed E-state index contributed by atoms with van der Waals surface area (Å²) >= 11 is 0. The average molecular weight is 436 g/mol. The van der Waals surface area contributed by atoms with Crippen molar-refractivity contribution < 1.29 is 9.53 Å². The summed E-state index contributed by atoms with van der Waals surface area (Å²) in [5.41, 5.74) is -0.0865. The molecule has 1 amide bonds. The van der Waals surface area contributed by atoms with Crippen LogP contribution in [0.4, 0.5) is 0 Å². The van der Waals surface area contributed by atoms with Crippen LogP contribution in [0.5, 0.6) is 5.75 Å². The Hall–Kier alpha value is -3.69. The van der Waals surface area contributed by atoms with Crippen LogP contribution in [-0.4, -0.2) is 55.1 Å². The number of nitrogens with zero attached hydrogens (tertiary/aromatic N) is 6. The van der Waals surface area contributed by atoms with Gasteiger partial charge in [0.05, 0.1) is 13.7 Å². The fraction of sp³-hybridized carbons (Fsp3) is 0.409. The fourth-order valence-electron chi connectivity index (χ4n) is 4.74. The molecule has 2 aliphatic heterocycles. The van der Waals surface area contributed by atoms with E-state index >= 15 is 0 Å². The number of aromatic nitrogens is 5. The van der Waals surface area contributed by atoms with Gasteiger partial charge in [0.15, 0.2) is 0 Å². The van der Waals surface area contributed by atoms with Gasteiger partial charge in [-0.1, -0.05) is 12.1 Å². The van der Waals surface area contributed by atoms with Gasteiger partial charge in [-0.25, -0.2) is 4.68 Å². The van der Waals surface area contributed by atoms with Crippen LogP contribution in [-0.2, 0) is 26.6 Å². The molecule has 0 radical (unpaired) electrons. The van der Waals surface area contributed by atoms with Crippen molar-refractivity contribution in [2.24, 2.45) is 12.5 Å². The van der Waals surface area contributed by atoms with Gasteiger partial charge in [0, 0.05) is 44.7 Å². The van der Waals surface area contributed by atoms with Gasteiger partial charge in [0.25, 0.3) is 5.91 Å². The summed E-state index contributed by atoms with van der Waals surface area (Å²) in [5, 5.41) is 8.60. The van der Waals surface area contributed by atoms with Crippen LogP contribution in [0.15, 0.2) is 46.1 Å². The Labute approximate surface area is 183 Å². The van der Waals surface area contributed by atoms with E-state index in [0.717, 1.165) is 17.7 Å². The molecule has 2 aromatic heterocycles. The van der Waals surface area contributed by atoms with Gasteiger partial charge >= 0.3 is 11.1 Å². The van der Waals surface area contributed by atoms with E-state index in [9.17, 15) is 14.4 Å². The summed E-state index contributed by atoms with van der Waals surface area (Å²) in [6.07, 6.45) is 2.91. The van der Waals surface area contributed by atoms with Crippen molar-refractivity contribution in [3.63, 3.8) is 0 Å². The van der Waals surface area contributed by atoms with Crippen molar-refractivity contribution in [1.29, 1.82) is 0 Å². The van der Waals surface area contributed by atoms with E-state index in [1.54, 1.807) is 36.0 Å². The molecule has 1 atom stereocenters. The number of hydrogen-bond acceptors (Lipinski definition) is 6. The summed E-state index contributed by atoms with van der Waals surface area (Å²) in [5.74, 6) is 1.24. The summed E-state index contributed by atoms with van der Waals surface area (Å²) < 4.78 is 9.46. The van der Waals surface area contributed by atoms with Gasteiger partial charge in [-0.3, -0.25) is 23.6 Å². The van der Waals surface area contributed by atoms with E-state index in [-0.39, 0.29) is 17.9 Å². The van der Waals surface area contributed by atoms with Gasteiger partial charge in [-0.2, -0.15) is 10.2 Å². The molecule has 32 heavy (non-hydrogen) atoms. The standard InChI is InChI=1S/C22H24N6O4/c1-25-17(7-9-23-25)19(29)26-10-8-22(13-26)11-18-24-28(21(31)20(30)27(18)14-22)12-15-3-5-16(32-2)6-4-15/h3-7,9H,8,10-14H2,1-2H3/t22-/m1/s1. The third-order valence-corrected chi connectivity index (χ3v) is 6.49. The van der Waals surface area contributed by atoms with E-state index in [2.05, 4.69) is 10.2 Å². The van der Waals surface area contributed by atoms with Crippen molar-refractivity contribution in [3.8, 4) is 5.75 Å². The first-order valence-corrected chi connectivity index (χ1v) is 10.5. The van der Waals surface area contributed by atoms with Crippen molar-refractivity contribution >= 4 is 5.91 Å². The smallest absolute Gasteiger partial charge is 0.332 e. The number of hydrogen-bond donors (Lipinski definition) is 0. The van der Waals surface area contributed by atoms with Gasteiger partial charge < -0.3 is 9.64 Å². The molecule has 10 nitrogen and oxygen atoms in total. The maximum atomic E-state index is 12.9. The Morgan fingerprint density at radius 1 is 1.12 bits per heavy atom. The molecule has 1 aromatic carbocycles. The number of methoxy groups -OCH3 is 1. The third-order valence-electron chi connectivity index (χ3n) is 6.49. The summed E-state index contributed by atoms with van der Waals surface area (Å²) in [4.78, 5) is 40.2. The molecule has 0 saturated carbocycles. The number of fused-ring (bicyclic) bond motifs is 1. The SMILES string of the molecule is COc1ccc(Cn2nc3n(c(=O)c2=O)C[C@]2(CCN(C(=O)c4ccnn4C)C2)C3)cc1. The molecule has 0 unspecified atom stereocenters. The van der Waals surface area contributed by atoms with Crippen LogP contribution in [0.1, 0.15) is 28.3 Å². The van der Waals surface area contributed by atoms with E-state index in [0.29, 0.717) is 37.6 Å². The topological polar surface area (TPSA) is 104 Å². The number of ether oxygens (including phenoxy) is 1. The summed E-state index contributed by atoms with van der Waals surface area (Å²) in [6, 6.07) is 9.01. The molecule has 166 valence electrons. The lowest BCUT2D eigenvalue weighted by Gasteiger charge is -2.22. The predicted octanol–water partition coefficient (Wildman–Crippen LogP) is 0.284. The highest BCUT2D eigenvalue weighted by Gasteiger charge is 2.46. The maximum Gasteiger partial charge on any atom is 0.332 e. The van der Waals surface area contributed by atoms with Gasteiger partial charge in [0.1, 0.15) is 17.3 Å². The molecule has 2 aliphatic rings. The Morgan fingerprint density at radius 2 is 1.91 bits per heavy atom. The molecule has 5 rings (SSSR count). The number of aryl methyl sites for hydroxylation is 1. The molecule has 0 N–H and O–H groups in total. The third kappa shape index (κ3) is 3.31. The minimum atomic E-state index is -0.637. The fourth-order valence-corrected chi connectivity index (χ4v) is 4.74. The van der Waals surface area contributed by atoms with Crippen LogP contribution in [0.2, 0.25) is 0 Å². The number of rotatable bonds is 4. The first-order chi connectivity index (χ1) is 15.4. The van der Waals surface area contributed by atoms with Crippen LogP contribution in [0.25, 0.3) is 0 Å². The van der Waals surface area contributed by atoms with E-state index in [4.69, 9.17) is 4.74 Å². The van der Waals surface area contributed by atoms with Gasteiger partial charge in [-0.05, 0) is 30.2 Å². The molecule has 0 bridgehead atoms. The Kier molecular flexibility index (Phi) is 4.72. The number of amides is 1. The zero-order chi connectivity index (χ0) is 22.5. The first-order valence-electron chi connectivity index (χ1n) is 10.5. The minimum absolute atomic E-state index is 0.0720. The molecule has 1 saturated heterocycles. The van der Waals surface area contributed by atoms with Crippen molar-refractivity contribution in [1.82, 2.24) is 29.0 Å². The van der Waals surface area contributed by atoms with Crippen LogP contribution >= 0.6 is 0 Å². The van der Waals surface area contributed by atoms with Crippen molar-refractivity contribution in [2.45, 2.75) is 25.9 Å². The van der Waals surface area contributed by atoms with Crippen molar-refractivity contribution in [2.75, 3.05) is 20.2 Å². The van der Waals surface area contributed by atoms with Gasteiger partial charge in [-0.15, -0.1) is 0 Å². The number of carbonyl (C=O) groups excluding carboxylic acids is 1. The second-order valence-corrected chi connectivity index (χ2v) is 8.61. The Morgan fingerprint density at radius 3 is 2.59 bits per heavy atom. The molecule has 1 fully saturated rings. The van der Waals surface area contributed by atoms with E-state index in [1.807, 2.05) is 24.3 Å². The molecule has 4 heterocycles. The lowest BCUT2D eigenvalue weighted by molar-refractivity contribution is 0.0761. The normalized spacial score (nSPS) is 19.5. The summed E-state index contributed by atoms with van der Waals surface area (Å²) in [7, 11) is 3.33. The first kappa shape index (κ1) is 20.2. The largest absolute Gasteiger partial charge is 0.497 e. The highest BCUT2D eigenvalue weighted by molar-refractivity contribution is 5.92. The monoisotopic (exact) mass is 436 g/mol. The maximum absolute atomic E-state index is 12.9. The quantitative estimate of drug-likeness (QED) is 0.545. The predicted molar refractivity (Wildman–Crippen MR) is 115 cm³/mol. The number of benzene rings is 1. The van der Waals surface area contributed by atoms with Crippen LogP contribution in [0, 0.1) is 5.41 Å². The lowest BCUT2D eigenvalue weighted by Crippen LogP contribution is -2.43. The molecule has 10 heteroatoms. The summed E-state index contributed by atoms with van der Waals surface area (Å²) in [6.45, 7) is 1.74. The lowest BCUT2D eigenvalue weighted by atomic mass is 9.86. The molecule has 0 aliphatic carbocycles. The highest BCUT2D eigenvalue weighted by atomic mass is 16.5. The van der Waals surface area contributed by atoms with Crippen molar-refractivity contribution in [3.05, 3.63) is 74.3 Å². The number of carbonyl (C=O) groups is 1. The molecule has 3 aromatic rings. The Balaban J connectivity index is 1.38. The highest BCUT2D eigenvalue weighted by Crippen LogP contribution is 2.39. The molecular formula is C22H24N6O4. The average Bonchev–Trinajstić information content (AvgIpc) is 3.51. The number of likely N-dealkylation sites (tertiary alicyclic amines) is 1. The van der Waals surface area contributed by atoms with E-state index in [1.165, 1.54) is 9.25 Å². The zero-order valence-corrected chi connectivity index (χ0v) is 18.0. The van der Waals surface area contributed by atoms with E-state index < -0.39 is 11.1 Å². The van der Waals surface area contributed by atoms with Crippen LogP contribution < -0.4 is 15.9 Å². The van der Waals surface area contributed by atoms with Gasteiger partial charge in [0.2, 0.25) is 0 Å². The Bertz CT molecular complexity index is 1310. The minimum Gasteiger partial charge on any atom is -0.497 e. The second-order valence-electron chi connectivity index (χ2n) is 8.61. The molecule has 1 spiro atoms.